The van der Waals surface area contributed by atoms with Gasteiger partial charge in [0.15, 0.2) is 0 Å². The van der Waals surface area contributed by atoms with E-state index in [1.54, 1.807) is 0 Å². The second kappa shape index (κ2) is 8.39. The Labute approximate surface area is 112 Å². The van der Waals surface area contributed by atoms with Gasteiger partial charge in [0, 0.05) is 25.2 Å². The lowest BCUT2D eigenvalue weighted by atomic mass is 9.97. The third kappa shape index (κ3) is 5.19. The molecule has 2 atom stereocenters. The number of rotatable bonds is 7. The normalized spacial score (nSPS) is 26.6. The van der Waals surface area contributed by atoms with Gasteiger partial charge in [-0.2, -0.15) is 11.8 Å². The van der Waals surface area contributed by atoms with Gasteiger partial charge in [-0.1, -0.05) is 27.2 Å². The van der Waals surface area contributed by atoms with Crippen molar-refractivity contribution in [1.29, 1.82) is 0 Å². The molecule has 2 unspecified atom stereocenters. The van der Waals surface area contributed by atoms with Gasteiger partial charge in [-0.25, -0.2) is 0 Å². The molecule has 1 N–H and O–H groups in total. The first-order chi connectivity index (χ1) is 8.19. The molecule has 0 aromatic heterocycles. The summed E-state index contributed by atoms with van der Waals surface area (Å²) in [4.78, 5) is 2.74. The lowest BCUT2D eigenvalue weighted by molar-refractivity contribution is 0.107. The van der Waals surface area contributed by atoms with Gasteiger partial charge in [0.25, 0.3) is 0 Å². The molecular formula is C14H30N2S. The highest BCUT2D eigenvalue weighted by Gasteiger charge is 2.28. The second-order valence-electron chi connectivity index (χ2n) is 5.54. The summed E-state index contributed by atoms with van der Waals surface area (Å²) < 4.78 is 0. The molecule has 0 amide bonds. The molecule has 17 heavy (non-hydrogen) atoms. The number of nitrogens with zero attached hydrogens (tertiary/aromatic N) is 1. The summed E-state index contributed by atoms with van der Waals surface area (Å²) >= 11 is 1.97. The average molecular weight is 258 g/mol. The van der Waals surface area contributed by atoms with E-state index in [0.717, 1.165) is 12.0 Å². The highest BCUT2D eigenvalue weighted by molar-refractivity contribution is 7.98. The summed E-state index contributed by atoms with van der Waals surface area (Å²) in [5.74, 6) is 2.05. The third-order valence-electron chi connectivity index (χ3n) is 3.78. The van der Waals surface area contributed by atoms with E-state index in [1.165, 1.54) is 44.6 Å². The number of hydrogen-bond donors (Lipinski definition) is 1. The molecule has 1 aliphatic heterocycles. The average Bonchev–Trinajstić information content (AvgIpc) is 2.31. The Balaban J connectivity index is 2.43. The molecule has 1 heterocycles. The molecule has 0 radical (unpaired) electrons. The number of hydrogen-bond acceptors (Lipinski definition) is 3. The van der Waals surface area contributed by atoms with Crippen LogP contribution in [0.3, 0.4) is 0 Å². The van der Waals surface area contributed by atoms with E-state index in [0.29, 0.717) is 6.04 Å². The topological polar surface area (TPSA) is 15.3 Å². The summed E-state index contributed by atoms with van der Waals surface area (Å²) in [6, 6.07) is 1.47. The standard InChI is InChI=1S/C14H30N2S/c1-5-7-13-10-15-14(12(2)3)11-16(13)8-6-9-17-4/h12-15H,5-11H2,1-4H3. The second-order valence-corrected chi connectivity index (χ2v) is 6.53. The van der Waals surface area contributed by atoms with Crippen molar-refractivity contribution < 1.29 is 0 Å². The SMILES string of the molecule is CCCC1CNC(C(C)C)CN1CCCSC. The fourth-order valence-electron chi connectivity index (χ4n) is 2.63. The Morgan fingerprint density at radius 3 is 2.76 bits per heavy atom. The zero-order valence-corrected chi connectivity index (χ0v) is 12.9. The van der Waals surface area contributed by atoms with Gasteiger partial charge in [0.1, 0.15) is 0 Å². The Bertz CT molecular complexity index is 197. The number of nitrogens with one attached hydrogen (secondary N) is 1. The molecule has 0 saturated carbocycles. The van der Waals surface area contributed by atoms with Crippen LogP contribution in [0, 0.1) is 5.92 Å². The van der Waals surface area contributed by atoms with Gasteiger partial charge < -0.3 is 5.32 Å². The zero-order chi connectivity index (χ0) is 12.7. The van der Waals surface area contributed by atoms with Crippen LogP contribution in [0.2, 0.25) is 0 Å². The summed E-state index contributed by atoms with van der Waals surface area (Å²) in [5, 5.41) is 3.73. The minimum absolute atomic E-state index is 0.692. The minimum atomic E-state index is 0.692. The van der Waals surface area contributed by atoms with Crippen molar-refractivity contribution in [2.45, 2.75) is 52.1 Å². The van der Waals surface area contributed by atoms with E-state index in [1.807, 2.05) is 11.8 Å². The maximum absolute atomic E-state index is 3.73. The molecule has 1 fully saturated rings. The smallest absolute Gasteiger partial charge is 0.0221 e. The van der Waals surface area contributed by atoms with Gasteiger partial charge in [-0.15, -0.1) is 0 Å². The first-order valence-electron chi connectivity index (χ1n) is 7.15. The van der Waals surface area contributed by atoms with E-state index < -0.39 is 0 Å². The van der Waals surface area contributed by atoms with Crippen molar-refractivity contribution in [2.24, 2.45) is 5.92 Å². The Kier molecular flexibility index (Phi) is 7.56. The highest BCUT2D eigenvalue weighted by atomic mass is 32.2. The lowest BCUT2D eigenvalue weighted by Gasteiger charge is -2.42. The van der Waals surface area contributed by atoms with Gasteiger partial charge in [-0.05, 0) is 37.3 Å². The van der Waals surface area contributed by atoms with E-state index in [-0.39, 0.29) is 0 Å². The summed E-state index contributed by atoms with van der Waals surface area (Å²) in [6.07, 6.45) is 6.19. The molecule has 0 aromatic rings. The fraction of sp³-hybridized carbons (Fsp3) is 1.00. The van der Waals surface area contributed by atoms with Crippen LogP contribution in [0.1, 0.15) is 40.0 Å². The molecule has 0 aromatic carbocycles. The first kappa shape index (κ1) is 15.3. The van der Waals surface area contributed by atoms with Gasteiger partial charge in [0.05, 0.1) is 0 Å². The maximum Gasteiger partial charge on any atom is 0.0221 e. The molecule has 0 bridgehead atoms. The lowest BCUT2D eigenvalue weighted by Crippen LogP contribution is -2.58. The molecule has 1 rings (SSSR count). The van der Waals surface area contributed by atoms with Crippen LogP contribution in [0.25, 0.3) is 0 Å². The fourth-order valence-corrected chi connectivity index (χ4v) is 3.05. The van der Waals surface area contributed by atoms with E-state index in [9.17, 15) is 0 Å². The predicted octanol–water partition coefficient (Wildman–Crippen LogP) is 2.84. The van der Waals surface area contributed by atoms with Crippen LogP contribution >= 0.6 is 11.8 Å². The molecule has 2 nitrogen and oxygen atoms in total. The molecular weight excluding hydrogens is 228 g/mol. The van der Waals surface area contributed by atoms with Crippen LogP contribution in [-0.2, 0) is 0 Å². The van der Waals surface area contributed by atoms with E-state index >= 15 is 0 Å². The molecule has 0 spiro atoms. The van der Waals surface area contributed by atoms with Gasteiger partial charge >= 0.3 is 0 Å². The molecule has 0 aliphatic carbocycles. The largest absolute Gasteiger partial charge is 0.311 e. The molecule has 3 heteroatoms. The Morgan fingerprint density at radius 1 is 1.41 bits per heavy atom. The van der Waals surface area contributed by atoms with Crippen LogP contribution in [0.15, 0.2) is 0 Å². The van der Waals surface area contributed by atoms with Crippen LogP contribution in [0.4, 0.5) is 0 Å². The van der Waals surface area contributed by atoms with Gasteiger partial charge in [0.2, 0.25) is 0 Å². The Morgan fingerprint density at radius 2 is 2.18 bits per heavy atom. The van der Waals surface area contributed by atoms with Crippen molar-refractivity contribution in [3.05, 3.63) is 0 Å². The first-order valence-corrected chi connectivity index (χ1v) is 8.54. The molecule has 102 valence electrons. The predicted molar refractivity (Wildman–Crippen MR) is 79.9 cm³/mol. The number of piperazine rings is 1. The monoisotopic (exact) mass is 258 g/mol. The van der Waals surface area contributed by atoms with Crippen molar-refractivity contribution >= 4 is 11.8 Å². The highest BCUT2D eigenvalue weighted by Crippen LogP contribution is 2.16. The quantitative estimate of drug-likeness (QED) is 0.707. The Hall–Kier alpha value is 0.270. The summed E-state index contributed by atoms with van der Waals surface area (Å²) in [7, 11) is 0. The minimum Gasteiger partial charge on any atom is -0.311 e. The van der Waals surface area contributed by atoms with Crippen molar-refractivity contribution in [2.75, 3.05) is 31.6 Å². The molecule has 1 aliphatic rings. The summed E-state index contributed by atoms with van der Waals surface area (Å²) in [6.45, 7) is 10.7. The van der Waals surface area contributed by atoms with Crippen molar-refractivity contribution in [1.82, 2.24) is 10.2 Å². The summed E-state index contributed by atoms with van der Waals surface area (Å²) in [5.41, 5.74) is 0. The van der Waals surface area contributed by atoms with Crippen molar-refractivity contribution in [3.8, 4) is 0 Å². The molecule has 1 saturated heterocycles. The maximum atomic E-state index is 3.73. The van der Waals surface area contributed by atoms with Crippen LogP contribution < -0.4 is 5.32 Å². The van der Waals surface area contributed by atoms with Crippen molar-refractivity contribution in [3.63, 3.8) is 0 Å². The van der Waals surface area contributed by atoms with Crippen LogP contribution in [-0.4, -0.2) is 48.6 Å². The number of thioether (sulfide) groups is 1. The third-order valence-corrected chi connectivity index (χ3v) is 4.48. The van der Waals surface area contributed by atoms with E-state index in [4.69, 9.17) is 0 Å². The van der Waals surface area contributed by atoms with E-state index in [2.05, 4.69) is 37.2 Å². The van der Waals surface area contributed by atoms with Gasteiger partial charge in [-0.3, -0.25) is 4.90 Å². The zero-order valence-electron chi connectivity index (χ0n) is 12.0. The van der Waals surface area contributed by atoms with Crippen LogP contribution in [0.5, 0.6) is 0 Å².